The molecule has 0 atom stereocenters. The Morgan fingerprint density at radius 3 is 2.16 bits per heavy atom. The first-order valence-electron chi connectivity index (χ1n) is 18.6. The summed E-state index contributed by atoms with van der Waals surface area (Å²) in [5.74, 6) is 0.480. The van der Waals surface area contributed by atoms with Gasteiger partial charge in [-0.3, -0.25) is 0 Å². The third-order valence-corrected chi connectivity index (χ3v) is 10.3. The van der Waals surface area contributed by atoms with Gasteiger partial charge in [-0.25, -0.2) is 28.7 Å². The van der Waals surface area contributed by atoms with E-state index in [-0.39, 0.29) is 17.3 Å². The number of aliphatic hydroxyl groups is 1. The zero-order valence-electron chi connectivity index (χ0n) is 33.3. The van der Waals surface area contributed by atoms with Crippen molar-refractivity contribution in [2.45, 2.75) is 70.4 Å². The van der Waals surface area contributed by atoms with Gasteiger partial charge in [-0.05, 0) is 96.6 Å². The molecular weight excluding hydrogens is 760 g/mol. The number of pyridine rings is 1. The SMILES string of the molecule is CC(C)(O)C(C)(C)OB(O)c1ccc(N)nc1.CN(C)CCn1cc(-c2ccc(F)c(C(F)(F)F)c2)nc1C1CCN(c2ncnc(N)c2-c2ccc(F)cc2)CC1. The summed E-state index contributed by atoms with van der Waals surface area (Å²) in [6.07, 6.45) is 1.21. The summed E-state index contributed by atoms with van der Waals surface area (Å²) >= 11 is 0. The Labute approximate surface area is 334 Å². The maximum absolute atomic E-state index is 13.9. The number of hydrogen-bond acceptors (Lipinski definition) is 11. The van der Waals surface area contributed by atoms with Crippen molar-refractivity contribution < 1.29 is 36.7 Å². The van der Waals surface area contributed by atoms with E-state index in [1.165, 1.54) is 30.7 Å². The summed E-state index contributed by atoms with van der Waals surface area (Å²) in [4.78, 5) is 21.4. The Bertz CT molecular complexity index is 2140. The topological polar surface area (TPSA) is 165 Å². The summed E-state index contributed by atoms with van der Waals surface area (Å²) in [6, 6.07) is 12.2. The molecule has 0 saturated carbocycles. The molecule has 310 valence electrons. The summed E-state index contributed by atoms with van der Waals surface area (Å²) in [7, 11) is 2.74. The Kier molecular flexibility index (Phi) is 13.5. The van der Waals surface area contributed by atoms with Gasteiger partial charge in [0.25, 0.3) is 0 Å². The van der Waals surface area contributed by atoms with Crippen LogP contribution in [0.3, 0.4) is 0 Å². The molecule has 0 radical (unpaired) electrons. The molecule has 1 aliphatic heterocycles. The van der Waals surface area contributed by atoms with Crippen molar-refractivity contribution in [3.05, 3.63) is 96.3 Å². The van der Waals surface area contributed by atoms with Crippen molar-refractivity contribution in [3.63, 3.8) is 0 Å². The van der Waals surface area contributed by atoms with Gasteiger partial charge in [0.2, 0.25) is 0 Å². The fourth-order valence-corrected chi connectivity index (χ4v) is 6.21. The van der Waals surface area contributed by atoms with Crippen LogP contribution < -0.4 is 21.8 Å². The van der Waals surface area contributed by atoms with Gasteiger partial charge in [0.05, 0.1) is 28.0 Å². The molecule has 2 aromatic carbocycles. The first-order valence-corrected chi connectivity index (χ1v) is 18.6. The molecule has 6 N–H and O–H groups in total. The smallest absolute Gasteiger partial charge is 0.423 e. The number of hydrogen-bond donors (Lipinski definition) is 4. The number of aromatic nitrogens is 5. The van der Waals surface area contributed by atoms with E-state index in [1.54, 1.807) is 58.2 Å². The Hall–Kier alpha value is -5.17. The number of nitrogens with two attached hydrogens (primary N) is 2. The lowest BCUT2D eigenvalue weighted by Gasteiger charge is -2.38. The average molecular weight is 810 g/mol. The van der Waals surface area contributed by atoms with E-state index in [4.69, 9.17) is 21.1 Å². The first-order chi connectivity index (χ1) is 27.1. The van der Waals surface area contributed by atoms with Crippen LogP contribution in [-0.4, -0.2) is 91.6 Å². The average Bonchev–Trinajstić information content (AvgIpc) is 3.58. The van der Waals surface area contributed by atoms with E-state index in [0.29, 0.717) is 78.8 Å². The molecule has 0 spiro atoms. The second-order valence-electron chi connectivity index (χ2n) is 15.5. The van der Waals surface area contributed by atoms with Crippen molar-refractivity contribution in [1.82, 2.24) is 29.4 Å². The largest absolute Gasteiger partial charge is 0.493 e. The number of nitrogens with zero attached hydrogens (tertiary/aromatic N) is 7. The number of likely N-dealkylation sites (N-methyl/N-ethyl adjacent to an activating group) is 1. The molecule has 1 aliphatic rings. The number of nitrogen functional groups attached to an aromatic ring is 2. The van der Waals surface area contributed by atoms with Crippen molar-refractivity contribution in [2.75, 3.05) is 50.1 Å². The number of benzene rings is 2. The highest BCUT2D eigenvalue weighted by molar-refractivity contribution is 6.60. The van der Waals surface area contributed by atoms with E-state index < -0.39 is 35.9 Å². The van der Waals surface area contributed by atoms with Crippen molar-refractivity contribution in [1.29, 1.82) is 0 Å². The molecule has 0 unspecified atom stereocenters. The highest BCUT2D eigenvalue weighted by Gasteiger charge is 2.40. The van der Waals surface area contributed by atoms with Crippen LogP contribution in [0.1, 0.15) is 57.8 Å². The second-order valence-corrected chi connectivity index (χ2v) is 15.5. The third-order valence-electron chi connectivity index (χ3n) is 10.3. The fraction of sp³-hybridized carbons (Fsp3) is 0.400. The Morgan fingerprint density at radius 1 is 0.914 bits per heavy atom. The van der Waals surface area contributed by atoms with Gasteiger partial charge >= 0.3 is 13.3 Å². The predicted octanol–water partition coefficient (Wildman–Crippen LogP) is 5.75. The van der Waals surface area contributed by atoms with Crippen LogP contribution in [0.25, 0.3) is 22.4 Å². The van der Waals surface area contributed by atoms with Crippen molar-refractivity contribution in [3.8, 4) is 22.4 Å². The zero-order valence-corrected chi connectivity index (χ0v) is 33.3. The molecule has 1 saturated heterocycles. The van der Waals surface area contributed by atoms with Crippen LogP contribution in [0.2, 0.25) is 0 Å². The Morgan fingerprint density at radius 2 is 1.57 bits per heavy atom. The molecule has 0 amide bonds. The van der Waals surface area contributed by atoms with Gasteiger partial charge in [0, 0.05) is 55.5 Å². The summed E-state index contributed by atoms with van der Waals surface area (Å²) in [5, 5.41) is 19.8. The molecule has 0 bridgehead atoms. The van der Waals surface area contributed by atoms with Crippen molar-refractivity contribution in [2.24, 2.45) is 0 Å². The minimum atomic E-state index is -4.81. The van der Waals surface area contributed by atoms with E-state index in [2.05, 4.69) is 19.9 Å². The maximum Gasteiger partial charge on any atom is 0.493 e. The van der Waals surface area contributed by atoms with Crippen LogP contribution in [0.4, 0.5) is 39.4 Å². The van der Waals surface area contributed by atoms with Crippen LogP contribution in [-0.2, 0) is 17.4 Å². The number of rotatable bonds is 11. The monoisotopic (exact) mass is 809 g/mol. The number of alkyl halides is 3. The molecule has 6 rings (SSSR count). The fourth-order valence-electron chi connectivity index (χ4n) is 6.21. The van der Waals surface area contributed by atoms with Gasteiger partial charge in [-0.2, -0.15) is 13.2 Å². The lowest BCUT2D eigenvalue weighted by atomic mass is 9.77. The number of halogens is 5. The highest BCUT2D eigenvalue weighted by atomic mass is 19.4. The molecule has 3 aromatic heterocycles. The standard InChI is InChI=1S/C29H30F5N7.C11H19BN2O3/c1-39(2)13-14-41-16-24(20-5-8-23(31)22(15-20)29(32,33)34)38-27(41)19-9-11-40(12-10-19)28-25(26(35)36-17-37-28)18-3-6-21(30)7-4-18;1-10(2,15)11(3,4)17-12(16)8-5-6-9(13)14-7-8/h3-8,15-17,19H,9-14H2,1-2H3,(H2,35,36,37);5-7,15-16H,1-4H3,(H2,13,14). The maximum atomic E-state index is 13.9. The van der Waals surface area contributed by atoms with Crippen molar-refractivity contribution >= 4 is 30.0 Å². The lowest BCUT2D eigenvalue weighted by Crippen LogP contribution is -2.53. The van der Waals surface area contributed by atoms with Gasteiger partial charge in [-0.15, -0.1) is 0 Å². The van der Waals surface area contributed by atoms with E-state index in [9.17, 15) is 32.1 Å². The molecule has 1 fully saturated rings. The molecule has 0 aliphatic carbocycles. The molecule has 12 nitrogen and oxygen atoms in total. The van der Waals surface area contributed by atoms with Crippen LogP contribution >= 0.6 is 0 Å². The van der Waals surface area contributed by atoms with Gasteiger partial charge in [0.15, 0.2) is 0 Å². The molecule has 5 aromatic rings. The normalized spacial score (nSPS) is 14.1. The van der Waals surface area contributed by atoms with E-state index >= 15 is 0 Å². The molecule has 58 heavy (non-hydrogen) atoms. The first kappa shape index (κ1) is 43.9. The summed E-state index contributed by atoms with van der Waals surface area (Å²) < 4.78 is 75.0. The van der Waals surface area contributed by atoms with Gasteiger partial charge < -0.3 is 40.6 Å². The number of anilines is 3. The summed E-state index contributed by atoms with van der Waals surface area (Å²) in [6.45, 7) is 9.23. The molecule has 4 heterocycles. The van der Waals surface area contributed by atoms with Crippen LogP contribution in [0.15, 0.2) is 73.3 Å². The molecular formula is C40H49BF5N9O3. The lowest BCUT2D eigenvalue weighted by molar-refractivity contribution is -0.139. The molecule has 18 heteroatoms. The number of piperidine rings is 1. The quantitative estimate of drug-likeness (QED) is 0.0949. The van der Waals surface area contributed by atoms with Crippen LogP contribution in [0, 0.1) is 11.6 Å². The minimum absolute atomic E-state index is 0.0400. The predicted molar refractivity (Wildman–Crippen MR) is 215 cm³/mol. The van der Waals surface area contributed by atoms with Crippen LogP contribution in [0.5, 0.6) is 0 Å². The Balaban J connectivity index is 0.000000316. The van der Waals surface area contributed by atoms with Gasteiger partial charge in [0.1, 0.15) is 41.2 Å². The number of imidazole rings is 1. The third kappa shape index (κ3) is 10.7. The minimum Gasteiger partial charge on any atom is -0.423 e. The second kappa shape index (κ2) is 17.8. The zero-order chi connectivity index (χ0) is 42.6. The van der Waals surface area contributed by atoms with E-state index in [1.807, 2.05) is 23.6 Å². The van der Waals surface area contributed by atoms with Gasteiger partial charge in [-0.1, -0.05) is 18.2 Å². The van der Waals surface area contributed by atoms with E-state index in [0.717, 1.165) is 18.0 Å². The summed E-state index contributed by atoms with van der Waals surface area (Å²) in [5.41, 5.74) is 10.8. The highest BCUT2D eigenvalue weighted by Crippen LogP contribution is 2.38.